The molecule has 0 amide bonds. The number of aryl methyl sites for hydroxylation is 1. The van der Waals surface area contributed by atoms with Crippen molar-refractivity contribution in [3.8, 4) is 0 Å². The maximum atomic E-state index is 11.3. The predicted molar refractivity (Wildman–Crippen MR) is 78.1 cm³/mol. The van der Waals surface area contributed by atoms with E-state index in [1.54, 1.807) is 31.3 Å². The first-order valence-electron chi connectivity index (χ1n) is 6.24. The zero-order chi connectivity index (χ0) is 14.9. The fourth-order valence-electron chi connectivity index (χ4n) is 1.95. The van der Waals surface area contributed by atoms with Crippen molar-refractivity contribution in [2.24, 2.45) is 7.05 Å². The van der Waals surface area contributed by atoms with Gasteiger partial charge in [-0.05, 0) is 24.3 Å². The van der Waals surface area contributed by atoms with Crippen LogP contribution in [0.2, 0.25) is 0 Å². The molecule has 2 rings (SSSR count). The number of nitro groups is 1. The summed E-state index contributed by atoms with van der Waals surface area (Å²) in [5.41, 5.74) is 7.46. The van der Waals surface area contributed by atoms with E-state index in [2.05, 4.69) is 10.4 Å². The minimum absolute atomic E-state index is 0.0133. The number of nitrogens with zero attached hydrogens (tertiary/aromatic N) is 3. The highest BCUT2D eigenvalue weighted by molar-refractivity contribution is 5.69. The Morgan fingerprint density at radius 3 is 2.45 bits per heavy atom. The lowest BCUT2D eigenvalue weighted by molar-refractivity contribution is -0.384. The summed E-state index contributed by atoms with van der Waals surface area (Å²) in [5, 5.41) is 18.6. The van der Waals surface area contributed by atoms with Crippen LogP contribution in [0.4, 0.5) is 22.9 Å². The SMILES string of the molecule is CC(C)c1nn(C)c(Nc2ccc(N)cc2)c1[N+](=O)[O-]. The number of nitrogens with two attached hydrogens (primary N) is 1. The van der Waals surface area contributed by atoms with E-state index in [1.165, 1.54) is 4.68 Å². The van der Waals surface area contributed by atoms with Crippen LogP contribution in [0.1, 0.15) is 25.5 Å². The van der Waals surface area contributed by atoms with Crippen molar-refractivity contribution in [3.63, 3.8) is 0 Å². The molecule has 3 N–H and O–H groups in total. The van der Waals surface area contributed by atoms with Gasteiger partial charge in [-0.25, -0.2) is 4.68 Å². The fourth-order valence-corrected chi connectivity index (χ4v) is 1.95. The van der Waals surface area contributed by atoms with Crippen molar-refractivity contribution in [1.82, 2.24) is 9.78 Å². The van der Waals surface area contributed by atoms with Crippen LogP contribution >= 0.6 is 0 Å². The van der Waals surface area contributed by atoms with Crippen LogP contribution in [0.15, 0.2) is 24.3 Å². The molecule has 0 aliphatic heterocycles. The summed E-state index contributed by atoms with van der Waals surface area (Å²) in [6.07, 6.45) is 0. The lowest BCUT2D eigenvalue weighted by atomic mass is 10.1. The highest BCUT2D eigenvalue weighted by Crippen LogP contribution is 2.34. The summed E-state index contributed by atoms with van der Waals surface area (Å²) >= 11 is 0. The molecule has 0 unspecified atom stereocenters. The van der Waals surface area contributed by atoms with Crippen LogP contribution in [0.3, 0.4) is 0 Å². The number of hydrogen-bond donors (Lipinski definition) is 2. The Balaban J connectivity index is 2.45. The Hall–Kier alpha value is -2.57. The molecule has 0 fully saturated rings. The predicted octanol–water partition coefficient (Wildman–Crippen LogP) is 2.78. The van der Waals surface area contributed by atoms with Gasteiger partial charge in [0.05, 0.1) is 4.92 Å². The molecule has 0 atom stereocenters. The van der Waals surface area contributed by atoms with E-state index < -0.39 is 4.92 Å². The van der Waals surface area contributed by atoms with E-state index in [4.69, 9.17) is 5.73 Å². The van der Waals surface area contributed by atoms with Gasteiger partial charge in [0.15, 0.2) is 0 Å². The molecule has 20 heavy (non-hydrogen) atoms. The lowest BCUT2D eigenvalue weighted by Crippen LogP contribution is -2.01. The van der Waals surface area contributed by atoms with Gasteiger partial charge >= 0.3 is 5.69 Å². The van der Waals surface area contributed by atoms with E-state index in [1.807, 2.05) is 13.8 Å². The largest absolute Gasteiger partial charge is 0.399 e. The van der Waals surface area contributed by atoms with Crippen molar-refractivity contribution in [3.05, 3.63) is 40.1 Å². The average molecular weight is 275 g/mol. The number of aromatic nitrogens is 2. The maximum Gasteiger partial charge on any atom is 0.334 e. The second kappa shape index (κ2) is 5.20. The van der Waals surface area contributed by atoms with E-state index in [0.29, 0.717) is 17.2 Å². The van der Waals surface area contributed by atoms with E-state index in [9.17, 15) is 10.1 Å². The van der Waals surface area contributed by atoms with Gasteiger partial charge in [-0.1, -0.05) is 13.8 Å². The van der Waals surface area contributed by atoms with Crippen molar-refractivity contribution < 1.29 is 4.92 Å². The molecular weight excluding hydrogens is 258 g/mol. The molecule has 1 heterocycles. The van der Waals surface area contributed by atoms with Gasteiger partial charge in [0.25, 0.3) is 0 Å². The third-order valence-electron chi connectivity index (χ3n) is 2.95. The molecule has 1 aromatic carbocycles. The van der Waals surface area contributed by atoms with E-state index in [-0.39, 0.29) is 11.6 Å². The van der Waals surface area contributed by atoms with Crippen LogP contribution < -0.4 is 11.1 Å². The van der Waals surface area contributed by atoms with Crippen molar-refractivity contribution >= 4 is 22.9 Å². The maximum absolute atomic E-state index is 11.3. The fraction of sp³-hybridized carbons (Fsp3) is 0.308. The Kier molecular flexibility index (Phi) is 3.60. The van der Waals surface area contributed by atoms with Crippen molar-refractivity contribution in [2.75, 3.05) is 11.1 Å². The van der Waals surface area contributed by atoms with Gasteiger partial charge in [-0.3, -0.25) is 10.1 Å². The van der Waals surface area contributed by atoms with Crippen molar-refractivity contribution in [1.29, 1.82) is 0 Å². The Bertz CT molecular complexity index is 631. The van der Waals surface area contributed by atoms with E-state index in [0.717, 1.165) is 5.69 Å². The normalized spacial score (nSPS) is 10.8. The molecule has 0 saturated heterocycles. The Labute approximate surface area is 116 Å². The molecule has 2 aromatic rings. The number of anilines is 3. The van der Waals surface area contributed by atoms with Gasteiger partial charge in [0, 0.05) is 24.3 Å². The molecule has 7 heteroatoms. The minimum atomic E-state index is -0.401. The third-order valence-corrected chi connectivity index (χ3v) is 2.95. The van der Waals surface area contributed by atoms with Gasteiger partial charge < -0.3 is 11.1 Å². The second-order valence-corrected chi connectivity index (χ2v) is 4.86. The van der Waals surface area contributed by atoms with Gasteiger partial charge in [0.2, 0.25) is 5.82 Å². The van der Waals surface area contributed by atoms with Crippen LogP contribution in [0.25, 0.3) is 0 Å². The summed E-state index contributed by atoms with van der Waals surface area (Å²) < 4.78 is 1.49. The zero-order valence-electron chi connectivity index (χ0n) is 11.6. The third kappa shape index (κ3) is 2.56. The molecule has 0 aliphatic rings. The number of rotatable bonds is 4. The summed E-state index contributed by atoms with van der Waals surface area (Å²) in [7, 11) is 1.68. The Morgan fingerprint density at radius 1 is 1.35 bits per heavy atom. The first-order valence-corrected chi connectivity index (χ1v) is 6.24. The molecule has 1 aromatic heterocycles. The van der Waals surface area contributed by atoms with Crippen molar-refractivity contribution in [2.45, 2.75) is 19.8 Å². The summed E-state index contributed by atoms with van der Waals surface area (Å²) in [4.78, 5) is 10.9. The molecule has 106 valence electrons. The van der Waals surface area contributed by atoms with Gasteiger partial charge in [0.1, 0.15) is 5.69 Å². The van der Waals surface area contributed by atoms with Crippen LogP contribution in [-0.4, -0.2) is 14.7 Å². The molecule has 0 spiro atoms. The molecular formula is C13H17N5O2. The average Bonchev–Trinajstić information content (AvgIpc) is 2.70. The quantitative estimate of drug-likeness (QED) is 0.508. The first kappa shape index (κ1) is 13.9. The van der Waals surface area contributed by atoms with Crippen LogP contribution in [-0.2, 0) is 7.05 Å². The smallest absolute Gasteiger partial charge is 0.334 e. The summed E-state index contributed by atoms with van der Waals surface area (Å²) in [6, 6.07) is 6.99. The molecule has 0 saturated carbocycles. The summed E-state index contributed by atoms with van der Waals surface area (Å²) in [6.45, 7) is 3.75. The zero-order valence-corrected chi connectivity index (χ0v) is 11.6. The highest BCUT2D eigenvalue weighted by atomic mass is 16.6. The number of nitrogen functional groups attached to an aromatic ring is 1. The monoisotopic (exact) mass is 275 g/mol. The highest BCUT2D eigenvalue weighted by Gasteiger charge is 2.28. The van der Waals surface area contributed by atoms with Gasteiger partial charge in [-0.2, -0.15) is 5.10 Å². The number of nitrogens with one attached hydrogen (secondary N) is 1. The standard InChI is InChI=1S/C13H17N5O2/c1-8(2)11-12(18(19)20)13(17(3)16-11)15-10-6-4-9(14)5-7-10/h4-8,15H,14H2,1-3H3. The molecule has 0 radical (unpaired) electrons. The molecule has 7 nitrogen and oxygen atoms in total. The molecule has 0 aliphatic carbocycles. The topological polar surface area (TPSA) is 99.0 Å². The number of benzene rings is 1. The number of hydrogen-bond acceptors (Lipinski definition) is 5. The Morgan fingerprint density at radius 2 is 1.95 bits per heavy atom. The second-order valence-electron chi connectivity index (χ2n) is 4.86. The summed E-state index contributed by atoms with van der Waals surface area (Å²) in [5.74, 6) is 0.340. The van der Waals surface area contributed by atoms with Gasteiger partial charge in [-0.15, -0.1) is 0 Å². The lowest BCUT2D eigenvalue weighted by Gasteiger charge is -2.06. The minimum Gasteiger partial charge on any atom is -0.399 e. The first-order chi connectivity index (χ1) is 9.40. The van der Waals surface area contributed by atoms with Crippen LogP contribution in [0.5, 0.6) is 0 Å². The molecule has 0 bridgehead atoms. The van der Waals surface area contributed by atoms with Crippen LogP contribution in [0, 0.1) is 10.1 Å². The van der Waals surface area contributed by atoms with E-state index >= 15 is 0 Å².